The SMILES string of the molecule is Cc1nc(CC(=O)C[C@H](C)c2ccccc2)cc2c1C(c1ccnc(F)c1)=NC2. The first-order valence-electron chi connectivity index (χ1n) is 9.74. The van der Waals surface area contributed by atoms with Crippen LogP contribution in [0.1, 0.15) is 52.9 Å². The Hall–Kier alpha value is -3.21. The highest BCUT2D eigenvalue weighted by atomic mass is 19.1. The van der Waals surface area contributed by atoms with Crippen LogP contribution < -0.4 is 0 Å². The second kappa shape index (κ2) is 8.03. The van der Waals surface area contributed by atoms with E-state index in [2.05, 4.69) is 34.0 Å². The van der Waals surface area contributed by atoms with Gasteiger partial charge in [0, 0.05) is 47.6 Å². The van der Waals surface area contributed by atoms with Crippen LogP contribution in [0.5, 0.6) is 0 Å². The van der Waals surface area contributed by atoms with Crippen LogP contribution in [0.3, 0.4) is 0 Å². The largest absolute Gasteiger partial charge is 0.299 e. The summed E-state index contributed by atoms with van der Waals surface area (Å²) in [6, 6.07) is 15.2. The van der Waals surface area contributed by atoms with E-state index >= 15 is 0 Å². The highest BCUT2D eigenvalue weighted by Crippen LogP contribution is 2.27. The molecule has 1 aromatic carbocycles. The molecule has 29 heavy (non-hydrogen) atoms. The van der Waals surface area contributed by atoms with Gasteiger partial charge in [0.25, 0.3) is 0 Å². The van der Waals surface area contributed by atoms with Gasteiger partial charge in [0.15, 0.2) is 0 Å². The number of benzene rings is 1. The molecule has 0 fully saturated rings. The van der Waals surface area contributed by atoms with Crippen molar-refractivity contribution in [1.29, 1.82) is 0 Å². The maximum Gasteiger partial charge on any atom is 0.213 e. The minimum atomic E-state index is -0.529. The summed E-state index contributed by atoms with van der Waals surface area (Å²) in [7, 11) is 0. The second-order valence-electron chi connectivity index (χ2n) is 7.50. The summed E-state index contributed by atoms with van der Waals surface area (Å²) in [6.45, 7) is 4.50. The average Bonchev–Trinajstić information content (AvgIpc) is 3.13. The van der Waals surface area contributed by atoms with E-state index < -0.39 is 5.95 Å². The van der Waals surface area contributed by atoms with Gasteiger partial charge >= 0.3 is 0 Å². The molecule has 0 aliphatic carbocycles. The van der Waals surface area contributed by atoms with E-state index in [9.17, 15) is 9.18 Å². The van der Waals surface area contributed by atoms with Crippen LogP contribution in [0, 0.1) is 12.9 Å². The van der Waals surface area contributed by atoms with Crippen molar-refractivity contribution in [3.8, 4) is 0 Å². The maximum absolute atomic E-state index is 13.5. The van der Waals surface area contributed by atoms with E-state index in [1.54, 1.807) is 6.07 Å². The first-order chi connectivity index (χ1) is 14.0. The lowest BCUT2D eigenvalue weighted by molar-refractivity contribution is -0.118. The van der Waals surface area contributed by atoms with Crippen molar-refractivity contribution in [3.63, 3.8) is 0 Å². The monoisotopic (exact) mass is 387 g/mol. The summed E-state index contributed by atoms with van der Waals surface area (Å²) >= 11 is 0. The van der Waals surface area contributed by atoms with E-state index in [4.69, 9.17) is 0 Å². The molecule has 1 aliphatic rings. The Kier molecular flexibility index (Phi) is 5.30. The van der Waals surface area contributed by atoms with Crippen molar-refractivity contribution in [2.24, 2.45) is 4.99 Å². The topological polar surface area (TPSA) is 55.2 Å². The van der Waals surface area contributed by atoms with E-state index in [1.807, 2.05) is 31.2 Å². The van der Waals surface area contributed by atoms with Gasteiger partial charge < -0.3 is 0 Å². The quantitative estimate of drug-likeness (QED) is 0.582. The number of fused-ring (bicyclic) bond motifs is 1. The van der Waals surface area contributed by atoms with Gasteiger partial charge in [-0.15, -0.1) is 0 Å². The third kappa shape index (κ3) is 4.14. The molecule has 4 rings (SSSR count). The molecule has 3 aromatic rings. The van der Waals surface area contributed by atoms with Crippen molar-refractivity contribution >= 4 is 11.5 Å². The number of aryl methyl sites for hydroxylation is 1. The van der Waals surface area contributed by atoms with Crippen LogP contribution in [0.4, 0.5) is 4.39 Å². The Morgan fingerprint density at radius 3 is 2.72 bits per heavy atom. The number of halogens is 1. The van der Waals surface area contributed by atoms with Gasteiger partial charge in [0.1, 0.15) is 5.78 Å². The zero-order valence-corrected chi connectivity index (χ0v) is 16.5. The van der Waals surface area contributed by atoms with E-state index in [1.165, 1.54) is 17.8 Å². The van der Waals surface area contributed by atoms with Crippen molar-refractivity contribution in [1.82, 2.24) is 9.97 Å². The molecular weight excluding hydrogens is 365 g/mol. The first-order valence-corrected chi connectivity index (χ1v) is 9.74. The molecule has 0 amide bonds. The summed E-state index contributed by atoms with van der Waals surface area (Å²) < 4.78 is 13.5. The Bertz CT molecular complexity index is 1090. The van der Waals surface area contributed by atoms with Crippen LogP contribution >= 0.6 is 0 Å². The van der Waals surface area contributed by atoms with Gasteiger partial charge in [-0.05, 0) is 36.1 Å². The number of rotatable bonds is 6. The first kappa shape index (κ1) is 19.1. The summed E-state index contributed by atoms with van der Waals surface area (Å²) in [4.78, 5) is 25.5. The predicted molar refractivity (Wildman–Crippen MR) is 111 cm³/mol. The fourth-order valence-electron chi connectivity index (χ4n) is 3.89. The van der Waals surface area contributed by atoms with Crippen molar-refractivity contribution in [3.05, 3.63) is 94.3 Å². The molecule has 2 aromatic heterocycles. The van der Waals surface area contributed by atoms with Gasteiger partial charge in [-0.1, -0.05) is 37.3 Å². The van der Waals surface area contributed by atoms with Gasteiger partial charge in [-0.25, -0.2) is 4.98 Å². The predicted octanol–water partition coefficient (Wildman–Crippen LogP) is 4.58. The Labute approximate surface area is 169 Å². The fraction of sp³-hybridized carbons (Fsp3) is 0.250. The maximum atomic E-state index is 13.5. The Morgan fingerprint density at radius 1 is 1.17 bits per heavy atom. The number of ketones is 1. The van der Waals surface area contributed by atoms with E-state index in [0.717, 1.165) is 28.2 Å². The minimum absolute atomic E-state index is 0.170. The van der Waals surface area contributed by atoms with Crippen LogP contribution in [-0.2, 0) is 17.8 Å². The van der Waals surface area contributed by atoms with Crippen LogP contribution in [0.2, 0.25) is 0 Å². The third-order valence-corrected chi connectivity index (χ3v) is 5.26. The average molecular weight is 387 g/mol. The summed E-state index contributed by atoms with van der Waals surface area (Å²) in [6.07, 6.45) is 2.24. The molecule has 3 heterocycles. The van der Waals surface area contributed by atoms with Crippen LogP contribution in [-0.4, -0.2) is 21.5 Å². The Balaban J connectivity index is 1.50. The normalized spacial score (nSPS) is 13.7. The van der Waals surface area contributed by atoms with E-state index in [-0.39, 0.29) is 11.7 Å². The standard InChI is InChI=1S/C24H22FN3O/c1-15(17-6-4-3-5-7-17)10-21(29)13-20-11-19-14-27-24(23(19)16(2)28-20)18-8-9-26-22(25)12-18/h3-9,11-12,15H,10,13-14H2,1-2H3/t15-/m0/s1. The summed E-state index contributed by atoms with van der Waals surface area (Å²) in [5.74, 6) is -0.182. The molecule has 146 valence electrons. The fourth-order valence-corrected chi connectivity index (χ4v) is 3.89. The second-order valence-corrected chi connectivity index (χ2v) is 7.50. The van der Waals surface area contributed by atoms with Crippen molar-refractivity contribution in [2.45, 2.75) is 39.2 Å². The highest BCUT2D eigenvalue weighted by Gasteiger charge is 2.23. The van der Waals surface area contributed by atoms with Gasteiger partial charge in [0.2, 0.25) is 5.95 Å². The van der Waals surface area contributed by atoms with Crippen LogP contribution in [0.15, 0.2) is 59.7 Å². The highest BCUT2D eigenvalue weighted by molar-refractivity contribution is 6.15. The van der Waals surface area contributed by atoms with Crippen molar-refractivity contribution in [2.75, 3.05) is 0 Å². The number of carbonyl (C=O) groups is 1. The minimum Gasteiger partial charge on any atom is -0.299 e. The molecule has 0 saturated heterocycles. The lowest BCUT2D eigenvalue weighted by atomic mass is 9.93. The van der Waals surface area contributed by atoms with E-state index in [0.29, 0.717) is 24.9 Å². The summed E-state index contributed by atoms with van der Waals surface area (Å²) in [5.41, 5.74) is 6.15. The number of aliphatic imine (C=N–C) groups is 1. The smallest absolute Gasteiger partial charge is 0.213 e. The van der Waals surface area contributed by atoms with Gasteiger partial charge in [0.05, 0.1) is 12.3 Å². The molecule has 0 bridgehead atoms. The third-order valence-electron chi connectivity index (χ3n) is 5.26. The lowest BCUT2D eigenvalue weighted by Gasteiger charge is -2.12. The zero-order chi connectivity index (χ0) is 20.4. The number of Topliss-reactive ketones (excluding diaryl/α,β-unsaturated/α-hetero) is 1. The van der Waals surface area contributed by atoms with Gasteiger partial charge in [-0.2, -0.15) is 4.39 Å². The molecule has 1 aliphatic heterocycles. The van der Waals surface area contributed by atoms with Crippen LogP contribution in [0.25, 0.3) is 0 Å². The number of nitrogens with zero attached hydrogens (tertiary/aromatic N) is 3. The van der Waals surface area contributed by atoms with Crippen molar-refractivity contribution < 1.29 is 9.18 Å². The molecular formula is C24H22FN3O. The molecule has 0 saturated carbocycles. The molecule has 4 nitrogen and oxygen atoms in total. The molecule has 0 N–H and O–H groups in total. The molecule has 1 atom stereocenters. The zero-order valence-electron chi connectivity index (χ0n) is 16.5. The number of aromatic nitrogens is 2. The summed E-state index contributed by atoms with van der Waals surface area (Å²) in [5, 5.41) is 0. The number of hydrogen-bond donors (Lipinski definition) is 0. The number of hydrogen-bond acceptors (Lipinski definition) is 4. The van der Waals surface area contributed by atoms with Gasteiger partial charge in [-0.3, -0.25) is 14.8 Å². The number of pyridine rings is 2. The molecule has 5 heteroatoms. The lowest BCUT2D eigenvalue weighted by Crippen LogP contribution is -2.12. The Morgan fingerprint density at radius 2 is 1.97 bits per heavy atom. The molecule has 0 radical (unpaired) electrons. The molecule has 0 unspecified atom stereocenters. The number of carbonyl (C=O) groups excluding carboxylic acids is 1. The molecule has 0 spiro atoms.